The molecule has 1 aromatic heterocycles. The van der Waals surface area contributed by atoms with Crippen LogP contribution in [0.2, 0.25) is 0 Å². The quantitative estimate of drug-likeness (QED) is 0.401. The Bertz CT molecular complexity index is 351. The fraction of sp³-hybridized carbons (Fsp3) is 0.778. The SMILES string of the molecule is CCCCCCCCCCCC(NCC)c1occc1Br. The number of furan rings is 1. The van der Waals surface area contributed by atoms with Crippen LogP contribution in [0.25, 0.3) is 0 Å². The van der Waals surface area contributed by atoms with Crippen LogP contribution in [0, 0.1) is 0 Å². The lowest BCUT2D eigenvalue weighted by Crippen LogP contribution is -2.20. The molecule has 21 heavy (non-hydrogen) atoms. The fourth-order valence-corrected chi connectivity index (χ4v) is 3.26. The van der Waals surface area contributed by atoms with Gasteiger partial charge in [-0.25, -0.2) is 0 Å². The Kier molecular flexibility index (Phi) is 11.0. The molecular weight excluding hydrogens is 326 g/mol. The molecule has 0 spiro atoms. The monoisotopic (exact) mass is 357 g/mol. The molecule has 0 aromatic carbocycles. The van der Waals surface area contributed by atoms with Gasteiger partial charge in [-0.15, -0.1) is 0 Å². The van der Waals surface area contributed by atoms with E-state index in [9.17, 15) is 0 Å². The Labute approximate surface area is 139 Å². The number of rotatable bonds is 13. The maximum absolute atomic E-state index is 5.60. The number of nitrogens with one attached hydrogen (secondary N) is 1. The molecule has 3 heteroatoms. The maximum Gasteiger partial charge on any atom is 0.134 e. The summed E-state index contributed by atoms with van der Waals surface area (Å²) in [5.41, 5.74) is 0. The highest BCUT2D eigenvalue weighted by molar-refractivity contribution is 9.10. The summed E-state index contributed by atoms with van der Waals surface area (Å²) in [6, 6.07) is 2.33. The second kappa shape index (κ2) is 12.3. The summed E-state index contributed by atoms with van der Waals surface area (Å²) >= 11 is 3.57. The summed E-state index contributed by atoms with van der Waals surface area (Å²) in [6.07, 6.45) is 15.3. The van der Waals surface area contributed by atoms with Crippen LogP contribution in [0.3, 0.4) is 0 Å². The van der Waals surface area contributed by atoms with Crippen molar-refractivity contribution in [3.63, 3.8) is 0 Å². The molecular formula is C18H32BrNO. The largest absolute Gasteiger partial charge is 0.466 e. The second-order valence-electron chi connectivity index (χ2n) is 5.86. The maximum atomic E-state index is 5.60. The molecule has 1 unspecified atom stereocenters. The third-order valence-corrected chi connectivity index (χ3v) is 4.66. The van der Waals surface area contributed by atoms with Crippen molar-refractivity contribution in [2.75, 3.05) is 6.54 Å². The van der Waals surface area contributed by atoms with Gasteiger partial charge in [0, 0.05) is 0 Å². The van der Waals surface area contributed by atoms with Gasteiger partial charge in [0.05, 0.1) is 16.8 Å². The van der Waals surface area contributed by atoms with Crippen molar-refractivity contribution in [2.24, 2.45) is 0 Å². The first-order valence-corrected chi connectivity index (χ1v) is 9.55. The first-order chi connectivity index (χ1) is 10.3. The second-order valence-corrected chi connectivity index (χ2v) is 6.71. The fourth-order valence-electron chi connectivity index (χ4n) is 2.79. The van der Waals surface area contributed by atoms with Crippen molar-refractivity contribution in [2.45, 2.75) is 84.1 Å². The Morgan fingerprint density at radius 3 is 2.14 bits per heavy atom. The zero-order chi connectivity index (χ0) is 15.3. The van der Waals surface area contributed by atoms with E-state index in [4.69, 9.17) is 4.42 Å². The molecule has 0 amide bonds. The smallest absolute Gasteiger partial charge is 0.134 e. The van der Waals surface area contributed by atoms with Crippen molar-refractivity contribution in [1.82, 2.24) is 5.32 Å². The predicted molar refractivity (Wildman–Crippen MR) is 94.7 cm³/mol. The lowest BCUT2D eigenvalue weighted by Gasteiger charge is -2.16. The van der Waals surface area contributed by atoms with Crippen LogP contribution in [-0.2, 0) is 0 Å². The van der Waals surface area contributed by atoms with Crippen LogP contribution in [0.4, 0.5) is 0 Å². The summed E-state index contributed by atoms with van der Waals surface area (Å²) in [7, 11) is 0. The lowest BCUT2D eigenvalue weighted by atomic mass is 10.0. The standard InChI is InChI=1S/C18H32BrNO/c1-3-5-6-7-8-9-10-11-12-13-17(20-4-2)18-16(19)14-15-21-18/h14-15,17,20H,3-13H2,1-2H3. The number of hydrogen-bond donors (Lipinski definition) is 1. The molecule has 0 aliphatic rings. The average Bonchev–Trinajstić information content (AvgIpc) is 2.90. The first kappa shape index (κ1) is 18.8. The molecule has 2 nitrogen and oxygen atoms in total. The predicted octanol–water partition coefficient (Wildman–Crippen LogP) is 6.61. The third-order valence-electron chi connectivity index (χ3n) is 4.01. The van der Waals surface area contributed by atoms with E-state index in [0.717, 1.165) is 23.2 Å². The van der Waals surface area contributed by atoms with Crippen molar-refractivity contribution < 1.29 is 4.42 Å². The van der Waals surface area contributed by atoms with Gasteiger partial charge in [-0.3, -0.25) is 0 Å². The molecule has 1 atom stereocenters. The highest BCUT2D eigenvalue weighted by atomic mass is 79.9. The minimum Gasteiger partial charge on any atom is -0.466 e. The van der Waals surface area contributed by atoms with E-state index in [1.807, 2.05) is 6.07 Å². The van der Waals surface area contributed by atoms with Gasteiger partial charge in [-0.05, 0) is 35.0 Å². The highest BCUT2D eigenvalue weighted by Gasteiger charge is 2.16. The topological polar surface area (TPSA) is 25.2 Å². The molecule has 0 aliphatic heterocycles. The number of unbranched alkanes of at least 4 members (excludes halogenated alkanes) is 8. The van der Waals surface area contributed by atoms with E-state index in [1.165, 1.54) is 57.8 Å². The molecule has 0 saturated heterocycles. The molecule has 1 aromatic rings. The van der Waals surface area contributed by atoms with Gasteiger partial charge in [-0.1, -0.05) is 71.6 Å². The molecule has 0 fully saturated rings. The first-order valence-electron chi connectivity index (χ1n) is 8.75. The normalized spacial score (nSPS) is 12.7. The van der Waals surface area contributed by atoms with Gasteiger partial charge in [0.15, 0.2) is 0 Å². The van der Waals surface area contributed by atoms with Gasteiger partial charge >= 0.3 is 0 Å². The molecule has 0 aliphatic carbocycles. The lowest BCUT2D eigenvalue weighted by molar-refractivity contribution is 0.387. The van der Waals surface area contributed by atoms with E-state index >= 15 is 0 Å². The van der Waals surface area contributed by atoms with Crippen molar-refractivity contribution in [1.29, 1.82) is 0 Å². The average molecular weight is 358 g/mol. The molecule has 122 valence electrons. The highest BCUT2D eigenvalue weighted by Crippen LogP contribution is 2.28. The van der Waals surface area contributed by atoms with Crippen LogP contribution in [0.5, 0.6) is 0 Å². The Morgan fingerprint density at radius 1 is 1.00 bits per heavy atom. The molecule has 1 heterocycles. The van der Waals surface area contributed by atoms with Crippen LogP contribution < -0.4 is 5.32 Å². The van der Waals surface area contributed by atoms with Crippen LogP contribution in [0.1, 0.15) is 89.9 Å². The molecule has 1 rings (SSSR count). The summed E-state index contributed by atoms with van der Waals surface area (Å²) in [4.78, 5) is 0. The Morgan fingerprint density at radius 2 is 1.62 bits per heavy atom. The van der Waals surface area contributed by atoms with Crippen molar-refractivity contribution >= 4 is 15.9 Å². The molecule has 0 saturated carbocycles. The van der Waals surface area contributed by atoms with Crippen LogP contribution >= 0.6 is 15.9 Å². The summed E-state index contributed by atoms with van der Waals surface area (Å²) in [5, 5.41) is 3.53. The van der Waals surface area contributed by atoms with Crippen LogP contribution in [0.15, 0.2) is 21.2 Å². The van der Waals surface area contributed by atoms with Gasteiger partial charge in [0.25, 0.3) is 0 Å². The minimum absolute atomic E-state index is 0.351. The Balaban J connectivity index is 2.10. The van der Waals surface area contributed by atoms with E-state index in [0.29, 0.717) is 6.04 Å². The molecule has 0 radical (unpaired) electrons. The van der Waals surface area contributed by atoms with Gasteiger partial charge in [0.1, 0.15) is 5.76 Å². The number of halogens is 1. The van der Waals surface area contributed by atoms with Gasteiger partial charge in [-0.2, -0.15) is 0 Å². The Hall–Kier alpha value is -0.280. The zero-order valence-corrected chi connectivity index (χ0v) is 15.4. The third kappa shape index (κ3) is 8.06. The summed E-state index contributed by atoms with van der Waals surface area (Å²) in [6.45, 7) is 5.41. The molecule has 0 bridgehead atoms. The van der Waals surface area contributed by atoms with E-state index in [-0.39, 0.29) is 0 Å². The zero-order valence-electron chi connectivity index (χ0n) is 13.8. The summed E-state index contributed by atoms with van der Waals surface area (Å²) < 4.78 is 6.69. The van der Waals surface area contributed by atoms with Crippen molar-refractivity contribution in [3.05, 3.63) is 22.6 Å². The van der Waals surface area contributed by atoms with Crippen LogP contribution in [-0.4, -0.2) is 6.54 Å². The van der Waals surface area contributed by atoms with E-state index in [1.54, 1.807) is 6.26 Å². The minimum atomic E-state index is 0.351. The van der Waals surface area contributed by atoms with Gasteiger partial charge < -0.3 is 9.73 Å². The summed E-state index contributed by atoms with van der Waals surface area (Å²) in [5.74, 6) is 1.05. The van der Waals surface area contributed by atoms with E-state index in [2.05, 4.69) is 35.1 Å². The van der Waals surface area contributed by atoms with E-state index < -0.39 is 0 Å². The van der Waals surface area contributed by atoms with Crippen molar-refractivity contribution in [3.8, 4) is 0 Å². The molecule has 1 N–H and O–H groups in total. The number of hydrogen-bond acceptors (Lipinski definition) is 2. The van der Waals surface area contributed by atoms with Gasteiger partial charge in [0.2, 0.25) is 0 Å².